The Morgan fingerprint density at radius 2 is 1.60 bits per heavy atom. The third-order valence-corrected chi connectivity index (χ3v) is 3.80. The molecule has 2 aliphatic rings. The van der Waals surface area contributed by atoms with Crippen LogP contribution >= 0.6 is 0 Å². The van der Waals surface area contributed by atoms with Crippen LogP contribution in [0.25, 0.3) is 0 Å². The smallest absolute Gasteiger partial charge is 0.239 e. The van der Waals surface area contributed by atoms with E-state index in [1.54, 1.807) is 0 Å². The predicted octanol–water partition coefficient (Wildman–Crippen LogP) is 1.66. The van der Waals surface area contributed by atoms with Crippen molar-refractivity contribution in [1.82, 2.24) is 4.90 Å². The highest BCUT2D eigenvalue weighted by Gasteiger charge is 2.33. The lowest BCUT2D eigenvalue weighted by Gasteiger charge is -2.29. The average molecular weight is 210 g/mol. The second kappa shape index (κ2) is 4.97. The summed E-state index contributed by atoms with van der Waals surface area (Å²) in [5.74, 6) is 0.195. The van der Waals surface area contributed by atoms with Gasteiger partial charge in [0.05, 0.1) is 6.04 Å². The van der Waals surface area contributed by atoms with E-state index in [-0.39, 0.29) is 11.9 Å². The lowest BCUT2D eigenvalue weighted by Crippen LogP contribution is -2.41. The molecule has 1 saturated carbocycles. The van der Waals surface area contributed by atoms with E-state index in [0.717, 1.165) is 13.0 Å². The number of carbonyl (C=O) groups is 1. The van der Waals surface area contributed by atoms with Gasteiger partial charge in [-0.15, -0.1) is 0 Å². The maximum absolute atomic E-state index is 11.8. The first-order valence-electron chi connectivity index (χ1n) is 6.35. The van der Waals surface area contributed by atoms with Gasteiger partial charge in [-0.05, 0) is 19.3 Å². The van der Waals surface area contributed by atoms with E-state index in [1.807, 2.05) is 0 Å². The normalized spacial score (nSPS) is 30.3. The minimum atomic E-state index is -0.213. The van der Waals surface area contributed by atoms with Crippen LogP contribution in [0.1, 0.15) is 51.4 Å². The van der Waals surface area contributed by atoms with Crippen molar-refractivity contribution < 1.29 is 4.79 Å². The summed E-state index contributed by atoms with van der Waals surface area (Å²) in [4.78, 5) is 13.9. The van der Waals surface area contributed by atoms with E-state index < -0.39 is 0 Å². The molecule has 15 heavy (non-hydrogen) atoms. The Labute approximate surface area is 92.0 Å². The van der Waals surface area contributed by atoms with E-state index in [9.17, 15) is 4.79 Å². The fraction of sp³-hybridized carbons (Fsp3) is 0.917. The summed E-state index contributed by atoms with van der Waals surface area (Å²) < 4.78 is 0. The van der Waals surface area contributed by atoms with Crippen molar-refractivity contribution in [3.05, 3.63) is 0 Å². The zero-order valence-electron chi connectivity index (χ0n) is 9.45. The first-order chi connectivity index (χ1) is 7.29. The summed E-state index contributed by atoms with van der Waals surface area (Å²) in [6, 6.07) is 0.279. The van der Waals surface area contributed by atoms with Crippen molar-refractivity contribution in [1.29, 1.82) is 0 Å². The molecule has 0 radical (unpaired) electrons. The molecule has 1 heterocycles. The van der Waals surface area contributed by atoms with Gasteiger partial charge in [-0.1, -0.05) is 32.1 Å². The predicted molar refractivity (Wildman–Crippen MR) is 60.4 cm³/mol. The Hall–Kier alpha value is -0.570. The molecular weight excluding hydrogens is 188 g/mol. The lowest BCUT2D eigenvalue weighted by atomic mass is 9.96. The topological polar surface area (TPSA) is 46.3 Å². The van der Waals surface area contributed by atoms with Crippen molar-refractivity contribution in [2.24, 2.45) is 5.73 Å². The van der Waals surface area contributed by atoms with Gasteiger partial charge in [0.25, 0.3) is 0 Å². The Balaban J connectivity index is 1.93. The van der Waals surface area contributed by atoms with Crippen molar-refractivity contribution in [3.63, 3.8) is 0 Å². The second-order valence-electron chi connectivity index (χ2n) is 4.93. The summed E-state index contributed by atoms with van der Waals surface area (Å²) in [6.45, 7) is 0.894. The van der Waals surface area contributed by atoms with Crippen LogP contribution in [0.2, 0.25) is 0 Å². The van der Waals surface area contributed by atoms with Gasteiger partial charge in [-0.2, -0.15) is 0 Å². The van der Waals surface area contributed by atoms with Crippen molar-refractivity contribution in [3.8, 4) is 0 Å². The molecule has 2 rings (SSSR count). The van der Waals surface area contributed by atoms with Crippen LogP contribution in [-0.4, -0.2) is 29.4 Å². The van der Waals surface area contributed by atoms with Crippen LogP contribution in [-0.2, 0) is 4.79 Å². The van der Waals surface area contributed by atoms with E-state index in [4.69, 9.17) is 5.73 Å². The molecule has 2 fully saturated rings. The molecule has 86 valence electrons. The van der Waals surface area contributed by atoms with Gasteiger partial charge < -0.3 is 10.6 Å². The standard InChI is InChI=1S/C12H22N2O/c13-11-8-9-14(12(11)15)10-6-4-2-1-3-5-7-10/h10-11H,1-9,13H2. The molecule has 1 unspecified atom stereocenters. The van der Waals surface area contributed by atoms with E-state index in [2.05, 4.69) is 4.90 Å². The monoisotopic (exact) mass is 210 g/mol. The first-order valence-corrected chi connectivity index (χ1v) is 6.35. The minimum Gasteiger partial charge on any atom is -0.338 e. The highest BCUT2D eigenvalue weighted by molar-refractivity contribution is 5.83. The summed E-state index contributed by atoms with van der Waals surface area (Å²) in [5, 5.41) is 0. The molecule has 1 aliphatic heterocycles. The Bertz CT molecular complexity index is 222. The largest absolute Gasteiger partial charge is 0.338 e. The lowest BCUT2D eigenvalue weighted by molar-refractivity contribution is -0.131. The highest BCUT2D eigenvalue weighted by Crippen LogP contribution is 2.24. The van der Waals surface area contributed by atoms with Gasteiger partial charge in [0.1, 0.15) is 0 Å². The minimum absolute atomic E-state index is 0.195. The number of nitrogens with two attached hydrogens (primary N) is 1. The van der Waals surface area contributed by atoms with Gasteiger partial charge in [-0.25, -0.2) is 0 Å². The maximum atomic E-state index is 11.8. The number of nitrogens with zero attached hydrogens (tertiary/aromatic N) is 1. The number of hydrogen-bond acceptors (Lipinski definition) is 2. The zero-order chi connectivity index (χ0) is 10.7. The van der Waals surface area contributed by atoms with Gasteiger partial charge >= 0.3 is 0 Å². The summed E-state index contributed by atoms with van der Waals surface area (Å²) in [7, 11) is 0. The molecule has 0 aromatic carbocycles. The molecule has 3 heteroatoms. The summed E-state index contributed by atoms with van der Waals surface area (Å²) in [5.41, 5.74) is 5.75. The molecule has 1 atom stereocenters. The van der Waals surface area contributed by atoms with Gasteiger partial charge in [0.15, 0.2) is 0 Å². The number of hydrogen-bond donors (Lipinski definition) is 1. The zero-order valence-corrected chi connectivity index (χ0v) is 9.45. The Morgan fingerprint density at radius 3 is 2.13 bits per heavy atom. The molecule has 0 spiro atoms. The maximum Gasteiger partial charge on any atom is 0.239 e. The van der Waals surface area contributed by atoms with Crippen LogP contribution in [0.15, 0.2) is 0 Å². The van der Waals surface area contributed by atoms with Crippen LogP contribution in [0.4, 0.5) is 0 Å². The average Bonchev–Trinajstić information content (AvgIpc) is 2.48. The quantitative estimate of drug-likeness (QED) is 0.715. The van der Waals surface area contributed by atoms with Crippen LogP contribution in [0.3, 0.4) is 0 Å². The van der Waals surface area contributed by atoms with Crippen molar-refractivity contribution in [2.75, 3.05) is 6.54 Å². The van der Waals surface area contributed by atoms with Crippen LogP contribution in [0.5, 0.6) is 0 Å². The van der Waals surface area contributed by atoms with E-state index in [0.29, 0.717) is 6.04 Å². The molecule has 2 N–H and O–H groups in total. The molecule has 0 bridgehead atoms. The fourth-order valence-electron chi connectivity index (χ4n) is 2.83. The number of carbonyl (C=O) groups excluding carboxylic acids is 1. The van der Waals surface area contributed by atoms with Crippen molar-refractivity contribution >= 4 is 5.91 Å². The second-order valence-corrected chi connectivity index (χ2v) is 4.93. The molecule has 1 amide bonds. The Morgan fingerprint density at radius 1 is 1.00 bits per heavy atom. The molecule has 1 saturated heterocycles. The van der Waals surface area contributed by atoms with E-state index >= 15 is 0 Å². The molecular formula is C12H22N2O. The number of rotatable bonds is 1. The first kappa shape index (κ1) is 10.9. The van der Waals surface area contributed by atoms with E-state index in [1.165, 1.54) is 44.9 Å². The van der Waals surface area contributed by atoms with Crippen LogP contribution in [0, 0.1) is 0 Å². The highest BCUT2D eigenvalue weighted by atomic mass is 16.2. The molecule has 3 nitrogen and oxygen atoms in total. The number of likely N-dealkylation sites (tertiary alicyclic amines) is 1. The van der Waals surface area contributed by atoms with Gasteiger partial charge in [-0.3, -0.25) is 4.79 Å². The molecule has 0 aromatic heterocycles. The molecule has 1 aliphatic carbocycles. The SMILES string of the molecule is NC1CCN(C2CCCCCCC2)C1=O. The number of amides is 1. The molecule has 0 aromatic rings. The summed E-state index contributed by atoms with van der Waals surface area (Å²) >= 11 is 0. The van der Waals surface area contributed by atoms with Crippen LogP contribution < -0.4 is 5.73 Å². The Kier molecular flexibility index (Phi) is 3.62. The third kappa shape index (κ3) is 2.51. The van der Waals surface area contributed by atoms with Gasteiger partial charge in [0, 0.05) is 12.6 Å². The third-order valence-electron chi connectivity index (χ3n) is 3.80. The fourth-order valence-corrected chi connectivity index (χ4v) is 2.83. The van der Waals surface area contributed by atoms with Gasteiger partial charge in [0.2, 0.25) is 5.91 Å². The summed E-state index contributed by atoms with van der Waals surface area (Å²) in [6.07, 6.45) is 9.86. The van der Waals surface area contributed by atoms with Crippen molar-refractivity contribution in [2.45, 2.75) is 63.5 Å².